The number of halogens is 2. The van der Waals surface area contributed by atoms with Crippen LogP contribution in [0.2, 0.25) is 0 Å². The molecule has 0 aliphatic carbocycles. The molecule has 1 aliphatic heterocycles. The van der Waals surface area contributed by atoms with Crippen LogP contribution in [0.1, 0.15) is 41.7 Å². The number of ether oxygens (including phenoxy) is 1. The average Bonchev–Trinajstić information content (AvgIpc) is 3.18. The molecule has 0 saturated carbocycles. The topological polar surface area (TPSA) is 67.0 Å². The van der Waals surface area contributed by atoms with Crippen LogP contribution in [-0.2, 0) is 4.74 Å². The molecule has 2 aromatic heterocycles. The second-order valence-electron chi connectivity index (χ2n) is 7.27. The van der Waals surface area contributed by atoms with Gasteiger partial charge in [0.05, 0.1) is 17.9 Å². The number of aromatic nitrogens is 2. The molecule has 1 aliphatic rings. The average molecular weight is 411 g/mol. The molecule has 1 aromatic carbocycles. The van der Waals surface area contributed by atoms with Crippen molar-refractivity contribution in [1.29, 1.82) is 0 Å². The van der Waals surface area contributed by atoms with Crippen LogP contribution in [0.5, 0.6) is 0 Å². The van der Waals surface area contributed by atoms with Crippen molar-refractivity contribution < 1.29 is 18.3 Å². The van der Waals surface area contributed by atoms with Crippen LogP contribution < -0.4 is 5.32 Å². The molecule has 3 heterocycles. The third-order valence-corrected chi connectivity index (χ3v) is 5.43. The minimum Gasteiger partial charge on any atom is -0.462 e. The summed E-state index contributed by atoms with van der Waals surface area (Å²) in [4.78, 5) is 20.5. The van der Waals surface area contributed by atoms with Crippen LogP contribution in [0, 0.1) is 11.6 Å². The molecule has 0 bridgehead atoms. The fraction of sp³-hybridized carbons (Fsp3) is 0.304. The first kappa shape index (κ1) is 20.2. The number of carbonyl (C=O) groups is 1. The van der Waals surface area contributed by atoms with Gasteiger partial charge in [-0.3, -0.25) is 4.98 Å². The molecule has 0 spiro atoms. The Morgan fingerprint density at radius 2 is 1.83 bits per heavy atom. The number of aromatic amines is 1. The molecule has 0 atom stereocenters. The molecule has 0 amide bonds. The van der Waals surface area contributed by atoms with Gasteiger partial charge in [-0.1, -0.05) is 0 Å². The van der Waals surface area contributed by atoms with Crippen molar-refractivity contribution in [2.45, 2.75) is 25.7 Å². The Bertz CT molecular complexity index is 1040. The summed E-state index contributed by atoms with van der Waals surface area (Å²) in [6.45, 7) is 3.69. The van der Waals surface area contributed by atoms with E-state index in [4.69, 9.17) is 4.74 Å². The Hall–Kier alpha value is -3.06. The van der Waals surface area contributed by atoms with E-state index in [0.29, 0.717) is 22.4 Å². The summed E-state index contributed by atoms with van der Waals surface area (Å²) in [5.41, 5.74) is 3.64. The summed E-state index contributed by atoms with van der Waals surface area (Å²) in [5.74, 6) is -2.16. The highest BCUT2D eigenvalue weighted by atomic mass is 19.2. The van der Waals surface area contributed by atoms with Crippen molar-refractivity contribution in [1.82, 2.24) is 15.3 Å². The highest BCUT2D eigenvalue weighted by Gasteiger charge is 2.31. The van der Waals surface area contributed by atoms with E-state index in [1.807, 2.05) is 0 Å². The van der Waals surface area contributed by atoms with Crippen LogP contribution in [-0.4, -0.2) is 35.6 Å². The minimum atomic E-state index is -0.941. The second-order valence-corrected chi connectivity index (χ2v) is 7.27. The summed E-state index contributed by atoms with van der Waals surface area (Å²) in [6, 6.07) is 7.34. The zero-order chi connectivity index (χ0) is 21.1. The molecule has 0 unspecified atom stereocenters. The SMILES string of the molecule is CCOC(=O)c1c(C2CCNCC2)[nH]c(-c2ccc(F)c(F)c2)c1-c1ccncc1. The summed E-state index contributed by atoms with van der Waals surface area (Å²) in [6.07, 6.45) is 4.99. The van der Waals surface area contributed by atoms with Gasteiger partial charge in [0.15, 0.2) is 11.6 Å². The van der Waals surface area contributed by atoms with Crippen LogP contribution in [0.4, 0.5) is 8.78 Å². The van der Waals surface area contributed by atoms with Gasteiger partial charge in [0.25, 0.3) is 0 Å². The van der Waals surface area contributed by atoms with Gasteiger partial charge in [-0.15, -0.1) is 0 Å². The number of nitrogens with one attached hydrogen (secondary N) is 2. The monoisotopic (exact) mass is 411 g/mol. The molecular weight excluding hydrogens is 388 g/mol. The number of H-pyrrole nitrogens is 1. The quantitative estimate of drug-likeness (QED) is 0.599. The predicted octanol–water partition coefficient (Wildman–Crippen LogP) is 4.67. The Kier molecular flexibility index (Phi) is 5.90. The maximum atomic E-state index is 14.0. The fourth-order valence-electron chi connectivity index (χ4n) is 4.03. The van der Waals surface area contributed by atoms with Crippen molar-refractivity contribution in [3.05, 3.63) is 65.6 Å². The van der Waals surface area contributed by atoms with Crippen molar-refractivity contribution in [2.75, 3.05) is 19.7 Å². The van der Waals surface area contributed by atoms with Gasteiger partial charge in [0.2, 0.25) is 0 Å². The lowest BCUT2D eigenvalue weighted by Gasteiger charge is -2.23. The maximum absolute atomic E-state index is 14.0. The van der Waals surface area contributed by atoms with Gasteiger partial charge in [-0.25, -0.2) is 13.6 Å². The third-order valence-electron chi connectivity index (χ3n) is 5.43. The Labute approximate surface area is 173 Å². The molecule has 1 fully saturated rings. The van der Waals surface area contributed by atoms with Crippen LogP contribution in [0.3, 0.4) is 0 Å². The predicted molar refractivity (Wildman–Crippen MR) is 110 cm³/mol. The van der Waals surface area contributed by atoms with Crippen LogP contribution >= 0.6 is 0 Å². The van der Waals surface area contributed by atoms with E-state index >= 15 is 0 Å². The van der Waals surface area contributed by atoms with E-state index in [-0.39, 0.29) is 12.5 Å². The lowest BCUT2D eigenvalue weighted by Crippen LogP contribution is -2.27. The lowest BCUT2D eigenvalue weighted by atomic mass is 9.89. The van der Waals surface area contributed by atoms with Crippen molar-refractivity contribution in [3.63, 3.8) is 0 Å². The first-order valence-corrected chi connectivity index (χ1v) is 10.1. The second kappa shape index (κ2) is 8.75. The van der Waals surface area contributed by atoms with Crippen molar-refractivity contribution in [2.24, 2.45) is 0 Å². The number of piperidine rings is 1. The molecule has 5 nitrogen and oxygen atoms in total. The standard InChI is InChI=1S/C23H23F2N3O2/c1-2-30-23(29)20-19(14-5-9-26-10-6-14)22(16-3-4-17(24)18(25)13-16)28-21(20)15-7-11-27-12-8-15/h3-6,9-10,13,15,27-28H,2,7-8,11-12H2,1H3. The van der Waals surface area contributed by atoms with Gasteiger partial charge < -0.3 is 15.0 Å². The number of hydrogen-bond acceptors (Lipinski definition) is 4. The molecular formula is C23H23F2N3O2. The van der Waals surface area contributed by atoms with Crippen molar-refractivity contribution >= 4 is 5.97 Å². The first-order chi connectivity index (χ1) is 14.6. The van der Waals surface area contributed by atoms with Gasteiger partial charge in [-0.05, 0) is 68.8 Å². The van der Waals surface area contributed by atoms with Gasteiger partial charge in [0, 0.05) is 35.1 Å². The Morgan fingerprint density at radius 3 is 2.50 bits per heavy atom. The number of carbonyl (C=O) groups excluding carboxylic acids is 1. The molecule has 0 radical (unpaired) electrons. The Morgan fingerprint density at radius 1 is 1.10 bits per heavy atom. The number of pyridine rings is 1. The molecule has 4 rings (SSSR count). The highest BCUT2D eigenvalue weighted by molar-refractivity contribution is 6.03. The first-order valence-electron chi connectivity index (χ1n) is 10.1. The van der Waals surface area contributed by atoms with Crippen molar-refractivity contribution in [3.8, 4) is 22.4 Å². The van der Waals surface area contributed by atoms with E-state index in [1.54, 1.807) is 31.5 Å². The number of rotatable bonds is 5. The molecule has 156 valence electrons. The molecule has 7 heteroatoms. The zero-order valence-electron chi connectivity index (χ0n) is 16.7. The highest BCUT2D eigenvalue weighted by Crippen LogP contribution is 2.41. The van der Waals surface area contributed by atoms with Gasteiger partial charge in [-0.2, -0.15) is 0 Å². The third kappa shape index (κ3) is 3.85. The fourth-order valence-corrected chi connectivity index (χ4v) is 4.03. The molecule has 3 aromatic rings. The molecule has 2 N–H and O–H groups in total. The molecule has 30 heavy (non-hydrogen) atoms. The summed E-state index contributed by atoms with van der Waals surface area (Å²) < 4.78 is 33.0. The summed E-state index contributed by atoms with van der Waals surface area (Å²) in [7, 11) is 0. The van der Waals surface area contributed by atoms with Crippen LogP contribution in [0.15, 0.2) is 42.7 Å². The number of esters is 1. The van der Waals surface area contributed by atoms with E-state index in [9.17, 15) is 13.6 Å². The van der Waals surface area contributed by atoms with Crippen LogP contribution in [0.25, 0.3) is 22.4 Å². The van der Waals surface area contributed by atoms with E-state index < -0.39 is 17.6 Å². The maximum Gasteiger partial charge on any atom is 0.340 e. The zero-order valence-corrected chi connectivity index (χ0v) is 16.7. The van der Waals surface area contributed by atoms with E-state index in [2.05, 4.69) is 15.3 Å². The largest absolute Gasteiger partial charge is 0.462 e. The summed E-state index contributed by atoms with van der Waals surface area (Å²) >= 11 is 0. The van der Waals surface area contributed by atoms with E-state index in [1.165, 1.54) is 6.07 Å². The van der Waals surface area contributed by atoms with Gasteiger partial charge >= 0.3 is 5.97 Å². The molecule has 1 saturated heterocycles. The van der Waals surface area contributed by atoms with E-state index in [0.717, 1.165) is 49.3 Å². The smallest absolute Gasteiger partial charge is 0.340 e. The number of hydrogen-bond donors (Lipinski definition) is 2. The number of benzene rings is 1. The lowest BCUT2D eigenvalue weighted by molar-refractivity contribution is 0.0525. The summed E-state index contributed by atoms with van der Waals surface area (Å²) in [5, 5.41) is 3.33. The Balaban J connectivity index is 1.98. The number of nitrogens with zero attached hydrogens (tertiary/aromatic N) is 1. The normalized spacial score (nSPS) is 14.6. The minimum absolute atomic E-state index is 0.130. The van der Waals surface area contributed by atoms with Gasteiger partial charge in [0.1, 0.15) is 0 Å².